The van der Waals surface area contributed by atoms with Crippen LogP contribution in [0, 0.1) is 0 Å². The summed E-state index contributed by atoms with van der Waals surface area (Å²) < 4.78 is 0. The Kier molecular flexibility index (Phi) is 5.03. The number of hydrogen-bond acceptors (Lipinski definition) is 6. The maximum absolute atomic E-state index is 12.8. The molecular formula is C16H23N5O3S. The van der Waals surface area contributed by atoms with Gasteiger partial charge in [-0.05, 0) is 19.3 Å². The molecule has 136 valence electrons. The number of nitrogens with zero attached hydrogens (tertiary/aromatic N) is 4. The van der Waals surface area contributed by atoms with E-state index in [0.717, 1.165) is 42.0 Å². The smallest absolute Gasteiger partial charge is 0.313 e. The number of rotatable bonds is 5. The van der Waals surface area contributed by atoms with Gasteiger partial charge in [-0.1, -0.05) is 37.5 Å². The van der Waals surface area contributed by atoms with E-state index in [-0.39, 0.29) is 12.5 Å². The van der Waals surface area contributed by atoms with Crippen molar-refractivity contribution in [2.45, 2.75) is 57.4 Å². The summed E-state index contributed by atoms with van der Waals surface area (Å²) in [6.45, 7) is 1.76. The van der Waals surface area contributed by atoms with Crippen LogP contribution in [0.5, 0.6) is 0 Å². The summed E-state index contributed by atoms with van der Waals surface area (Å²) in [5, 5.41) is 11.8. The standard InChI is InChI=1S/C16H23N5O3S/c1-3-7-12-18-19-14(25-12)17-11(22)10-21-13(23)16(20(2)15(21)24)8-5-4-6-9-16/h3-10H2,1-2H3,(H,17,19,22). The number of carbonyl (C=O) groups is 3. The Morgan fingerprint density at radius 3 is 2.64 bits per heavy atom. The van der Waals surface area contributed by atoms with Crippen molar-refractivity contribution < 1.29 is 14.4 Å². The van der Waals surface area contributed by atoms with Gasteiger partial charge in [-0.25, -0.2) is 4.79 Å². The largest absolute Gasteiger partial charge is 0.327 e. The molecule has 2 fully saturated rings. The Morgan fingerprint density at radius 1 is 1.24 bits per heavy atom. The van der Waals surface area contributed by atoms with E-state index in [4.69, 9.17) is 0 Å². The number of nitrogens with one attached hydrogen (secondary N) is 1. The Bertz CT molecular complexity index is 683. The van der Waals surface area contributed by atoms with E-state index in [0.29, 0.717) is 18.0 Å². The van der Waals surface area contributed by atoms with Gasteiger partial charge in [0, 0.05) is 13.5 Å². The molecule has 0 aromatic carbocycles. The van der Waals surface area contributed by atoms with Crippen molar-refractivity contribution in [2.24, 2.45) is 0 Å². The quantitative estimate of drug-likeness (QED) is 0.806. The molecule has 1 aromatic heterocycles. The molecule has 0 bridgehead atoms. The van der Waals surface area contributed by atoms with Crippen LogP contribution in [0.1, 0.15) is 50.5 Å². The molecular weight excluding hydrogens is 342 g/mol. The van der Waals surface area contributed by atoms with Gasteiger partial charge >= 0.3 is 6.03 Å². The van der Waals surface area contributed by atoms with Gasteiger partial charge in [0.1, 0.15) is 17.1 Å². The Balaban J connectivity index is 1.66. The molecule has 0 radical (unpaired) electrons. The number of aromatic nitrogens is 2. The number of imide groups is 1. The summed E-state index contributed by atoms with van der Waals surface area (Å²) in [4.78, 5) is 40.2. The molecule has 4 amide bonds. The number of amides is 4. The first-order valence-corrected chi connectivity index (χ1v) is 9.51. The third kappa shape index (κ3) is 3.24. The molecule has 3 rings (SSSR count). The fraction of sp³-hybridized carbons (Fsp3) is 0.688. The maximum atomic E-state index is 12.8. The second-order valence-corrected chi connectivity index (χ2v) is 7.69. The molecule has 1 spiro atoms. The van der Waals surface area contributed by atoms with Crippen molar-refractivity contribution in [3.05, 3.63) is 5.01 Å². The van der Waals surface area contributed by atoms with E-state index in [2.05, 4.69) is 15.5 Å². The lowest BCUT2D eigenvalue weighted by Gasteiger charge is -2.35. The zero-order valence-corrected chi connectivity index (χ0v) is 15.4. The predicted octanol–water partition coefficient (Wildman–Crippen LogP) is 2.03. The highest BCUT2D eigenvalue weighted by Gasteiger charge is 2.55. The fourth-order valence-corrected chi connectivity index (χ4v) is 4.45. The zero-order valence-electron chi connectivity index (χ0n) is 14.6. The molecule has 1 saturated heterocycles. The number of aryl methyl sites for hydroxylation is 1. The SMILES string of the molecule is CCCc1nnc(NC(=O)CN2C(=O)N(C)C3(CCCCC3)C2=O)s1. The minimum Gasteiger partial charge on any atom is -0.313 e. The molecule has 0 unspecified atom stereocenters. The lowest BCUT2D eigenvalue weighted by atomic mass is 9.81. The molecule has 8 nitrogen and oxygen atoms in total. The van der Waals surface area contributed by atoms with Crippen LogP contribution in [0.15, 0.2) is 0 Å². The molecule has 2 aliphatic rings. The lowest BCUT2D eigenvalue weighted by Crippen LogP contribution is -2.49. The maximum Gasteiger partial charge on any atom is 0.327 e. The van der Waals surface area contributed by atoms with Gasteiger partial charge in [-0.2, -0.15) is 0 Å². The minimum atomic E-state index is -0.757. The van der Waals surface area contributed by atoms with Crippen LogP contribution < -0.4 is 5.32 Å². The van der Waals surface area contributed by atoms with Crippen LogP contribution in [-0.4, -0.2) is 57.0 Å². The van der Waals surface area contributed by atoms with Gasteiger partial charge in [-0.3, -0.25) is 19.8 Å². The van der Waals surface area contributed by atoms with Crippen molar-refractivity contribution in [3.8, 4) is 0 Å². The Labute approximate surface area is 150 Å². The number of hydrogen-bond donors (Lipinski definition) is 1. The average Bonchev–Trinajstić information content (AvgIpc) is 3.10. The molecule has 1 aliphatic carbocycles. The monoisotopic (exact) mass is 365 g/mol. The Morgan fingerprint density at radius 2 is 1.96 bits per heavy atom. The van der Waals surface area contributed by atoms with Crippen molar-refractivity contribution in [3.63, 3.8) is 0 Å². The van der Waals surface area contributed by atoms with Crippen LogP contribution in [0.4, 0.5) is 9.93 Å². The normalized spacial score (nSPS) is 19.8. The molecule has 1 aromatic rings. The van der Waals surface area contributed by atoms with Gasteiger partial charge in [0.05, 0.1) is 0 Å². The number of urea groups is 1. The molecule has 1 saturated carbocycles. The Hall–Kier alpha value is -2.03. The topological polar surface area (TPSA) is 95.5 Å². The molecule has 1 aliphatic heterocycles. The van der Waals surface area contributed by atoms with Crippen LogP contribution in [-0.2, 0) is 16.0 Å². The molecule has 1 N–H and O–H groups in total. The first-order valence-electron chi connectivity index (χ1n) is 8.70. The van der Waals surface area contributed by atoms with Gasteiger partial charge in [0.2, 0.25) is 11.0 Å². The van der Waals surface area contributed by atoms with Crippen molar-refractivity contribution >= 4 is 34.3 Å². The first-order chi connectivity index (χ1) is 12.0. The van der Waals surface area contributed by atoms with E-state index in [1.807, 2.05) is 6.92 Å². The van der Waals surface area contributed by atoms with Crippen LogP contribution >= 0.6 is 11.3 Å². The predicted molar refractivity (Wildman–Crippen MR) is 93.2 cm³/mol. The molecule has 2 heterocycles. The highest BCUT2D eigenvalue weighted by atomic mass is 32.1. The second-order valence-electron chi connectivity index (χ2n) is 6.62. The molecule has 9 heteroatoms. The highest BCUT2D eigenvalue weighted by molar-refractivity contribution is 7.15. The van der Waals surface area contributed by atoms with E-state index >= 15 is 0 Å². The highest BCUT2D eigenvalue weighted by Crippen LogP contribution is 2.39. The third-order valence-electron chi connectivity index (χ3n) is 4.96. The van der Waals surface area contributed by atoms with Gasteiger partial charge in [0.15, 0.2) is 0 Å². The van der Waals surface area contributed by atoms with E-state index in [1.54, 1.807) is 7.05 Å². The molecule has 0 atom stereocenters. The van der Waals surface area contributed by atoms with Gasteiger partial charge in [0.25, 0.3) is 5.91 Å². The summed E-state index contributed by atoms with van der Waals surface area (Å²) in [5.41, 5.74) is -0.757. The van der Waals surface area contributed by atoms with Crippen LogP contribution in [0.2, 0.25) is 0 Å². The average molecular weight is 365 g/mol. The summed E-state index contributed by atoms with van der Waals surface area (Å²) in [6.07, 6.45) is 6.03. The number of anilines is 1. The summed E-state index contributed by atoms with van der Waals surface area (Å²) in [5.74, 6) is -0.680. The summed E-state index contributed by atoms with van der Waals surface area (Å²) in [7, 11) is 1.66. The lowest BCUT2D eigenvalue weighted by molar-refractivity contribution is -0.136. The second kappa shape index (κ2) is 7.07. The minimum absolute atomic E-state index is 0.251. The van der Waals surface area contributed by atoms with Crippen molar-refractivity contribution in [1.82, 2.24) is 20.0 Å². The summed E-state index contributed by atoms with van der Waals surface area (Å²) in [6, 6.07) is -0.397. The summed E-state index contributed by atoms with van der Waals surface area (Å²) >= 11 is 1.31. The van der Waals surface area contributed by atoms with E-state index in [1.165, 1.54) is 16.2 Å². The van der Waals surface area contributed by atoms with Crippen molar-refractivity contribution in [2.75, 3.05) is 18.9 Å². The van der Waals surface area contributed by atoms with Crippen molar-refractivity contribution in [1.29, 1.82) is 0 Å². The molecule has 25 heavy (non-hydrogen) atoms. The van der Waals surface area contributed by atoms with Gasteiger partial charge in [-0.15, -0.1) is 10.2 Å². The number of likely N-dealkylation sites (N-methyl/N-ethyl adjacent to an activating group) is 1. The first kappa shape index (κ1) is 17.8. The van der Waals surface area contributed by atoms with Gasteiger partial charge < -0.3 is 4.90 Å². The van der Waals surface area contributed by atoms with E-state index < -0.39 is 17.5 Å². The zero-order chi connectivity index (χ0) is 18.0. The van der Waals surface area contributed by atoms with Crippen LogP contribution in [0.25, 0.3) is 0 Å². The van der Waals surface area contributed by atoms with Crippen LogP contribution in [0.3, 0.4) is 0 Å². The number of carbonyl (C=O) groups excluding carboxylic acids is 3. The van der Waals surface area contributed by atoms with E-state index in [9.17, 15) is 14.4 Å². The third-order valence-corrected chi connectivity index (χ3v) is 5.86. The fourth-order valence-electron chi connectivity index (χ4n) is 3.59.